The summed E-state index contributed by atoms with van der Waals surface area (Å²) in [6.45, 7) is 1.94. The summed E-state index contributed by atoms with van der Waals surface area (Å²) in [6.07, 6.45) is 1.42. The van der Waals surface area contributed by atoms with Gasteiger partial charge in [-0.25, -0.2) is 18.0 Å². The largest absolute Gasteiger partial charge is 0.489 e. The molecule has 0 bridgehead atoms. The molecule has 3 fully saturated rings. The lowest BCUT2D eigenvalue weighted by Crippen LogP contribution is -2.37. The standard InChI is InChI=1S/C24H25F3N4O6S/c1-30-8-18-21(20(30)22(32)28-12-4-14(25)19(27)15(26)5-12)35-9-11-6-31(7-16(11)29-38-18)24(33)37-17-10-36-23-13(17)2-3-34-23/h4-5,8,11,13,16-17,23,29H,2-3,6-7,9-10H2,1H3,(H,28,32)/t11?,13-,16?,17-,23+/m0/s1. The van der Waals surface area contributed by atoms with Crippen molar-refractivity contribution in [2.24, 2.45) is 18.9 Å². The molecule has 3 saturated heterocycles. The van der Waals surface area contributed by atoms with Crippen LogP contribution in [0.3, 0.4) is 0 Å². The van der Waals surface area contributed by atoms with E-state index in [0.29, 0.717) is 49.1 Å². The van der Waals surface area contributed by atoms with E-state index < -0.39 is 29.5 Å². The molecule has 204 valence electrons. The zero-order chi connectivity index (χ0) is 26.6. The molecule has 0 spiro atoms. The average molecular weight is 555 g/mol. The summed E-state index contributed by atoms with van der Waals surface area (Å²) in [5.41, 5.74) is -0.104. The Balaban J connectivity index is 1.12. The Kier molecular flexibility index (Phi) is 6.66. The number of anilines is 1. The molecule has 14 heteroatoms. The molecular weight excluding hydrogens is 529 g/mol. The monoisotopic (exact) mass is 554 g/mol. The number of nitrogens with zero attached hydrogens (tertiary/aromatic N) is 2. The molecule has 5 heterocycles. The summed E-state index contributed by atoms with van der Waals surface area (Å²) < 4.78 is 68.3. The van der Waals surface area contributed by atoms with Crippen molar-refractivity contribution in [1.82, 2.24) is 14.2 Å². The molecule has 38 heavy (non-hydrogen) atoms. The number of carbonyl (C=O) groups is 2. The molecule has 0 aliphatic carbocycles. The second-order valence-corrected chi connectivity index (χ2v) is 10.6. The third-order valence-corrected chi connectivity index (χ3v) is 8.19. The zero-order valence-corrected chi connectivity index (χ0v) is 21.1. The van der Waals surface area contributed by atoms with E-state index in [1.165, 1.54) is 11.9 Å². The lowest BCUT2D eigenvalue weighted by molar-refractivity contribution is -0.0907. The average Bonchev–Trinajstić information content (AvgIpc) is 3.63. The minimum absolute atomic E-state index is 0.0509. The first-order chi connectivity index (χ1) is 18.3. The quantitative estimate of drug-likeness (QED) is 0.441. The molecular formula is C24H25F3N4O6S. The minimum Gasteiger partial charge on any atom is -0.489 e. The van der Waals surface area contributed by atoms with Crippen LogP contribution in [0, 0.1) is 29.3 Å². The van der Waals surface area contributed by atoms with E-state index in [2.05, 4.69) is 10.0 Å². The summed E-state index contributed by atoms with van der Waals surface area (Å²) in [7, 11) is 1.64. The first kappa shape index (κ1) is 25.3. The fraction of sp³-hybridized carbons (Fsp3) is 0.500. The maximum atomic E-state index is 13.6. The van der Waals surface area contributed by atoms with Gasteiger partial charge in [0, 0.05) is 56.1 Å². The molecule has 0 radical (unpaired) electrons. The number of benzene rings is 1. The summed E-state index contributed by atoms with van der Waals surface area (Å²) in [5, 5.41) is 2.39. The maximum absolute atomic E-state index is 13.6. The van der Waals surface area contributed by atoms with E-state index in [1.807, 2.05) is 0 Å². The van der Waals surface area contributed by atoms with E-state index in [1.54, 1.807) is 22.7 Å². The second-order valence-electron chi connectivity index (χ2n) is 9.74. The summed E-state index contributed by atoms with van der Waals surface area (Å²) >= 11 is 1.26. The van der Waals surface area contributed by atoms with Gasteiger partial charge in [0.1, 0.15) is 6.10 Å². The number of hydrogen-bond donors (Lipinski definition) is 2. The van der Waals surface area contributed by atoms with Crippen LogP contribution in [0.25, 0.3) is 0 Å². The van der Waals surface area contributed by atoms with Crippen LogP contribution in [0.15, 0.2) is 23.2 Å². The fourth-order valence-electron chi connectivity index (χ4n) is 5.27. The molecule has 0 saturated carbocycles. The second kappa shape index (κ2) is 9.98. The molecule has 6 rings (SSSR count). The maximum Gasteiger partial charge on any atom is 0.410 e. The van der Waals surface area contributed by atoms with Crippen LogP contribution in [0.1, 0.15) is 16.9 Å². The Morgan fingerprint density at radius 3 is 2.74 bits per heavy atom. The highest BCUT2D eigenvalue weighted by Crippen LogP contribution is 2.38. The Morgan fingerprint density at radius 1 is 1.16 bits per heavy atom. The molecule has 2 aromatic rings. The number of aromatic nitrogens is 1. The number of rotatable bonds is 3. The molecule has 5 atom stereocenters. The van der Waals surface area contributed by atoms with Crippen LogP contribution in [0.2, 0.25) is 0 Å². The lowest BCUT2D eigenvalue weighted by Gasteiger charge is -2.23. The first-order valence-corrected chi connectivity index (χ1v) is 13.0. The zero-order valence-electron chi connectivity index (χ0n) is 20.2. The smallest absolute Gasteiger partial charge is 0.410 e. The van der Waals surface area contributed by atoms with Gasteiger partial charge in [-0.15, -0.1) is 0 Å². The van der Waals surface area contributed by atoms with Gasteiger partial charge >= 0.3 is 6.09 Å². The molecule has 2 amide bonds. The van der Waals surface area contributed by atoms with Crippen LogP contribution in [0.4, 0.5) is 23.7 Å². The van der Waals surface area contributed by atoms with Gasteiger partial charge in [0.15, 0.2) is 35.2 Å². The van der Waals surface area contributed by atoms with Gasteiger partial charge in [-0.2, -0.15) is 0 Å². The molecule has 1 aromatic carbocycles. The predicted molar refractivity (Wildman–Crippen MR) is 127 cm³/mol. The first-order valence-electron chi connectivity index (χ1n) is 12.2. The van der Waals surface area contributed by atoms with E-state index in [4.69, 9.17) is 18.9 Å². The predicted octanol–water partition coefficient (Wildman–Crippen LogP) is 2.88. The van der Waals surface area contributed by atoms with Crippen molar-refractivity contribution in [3.8, 4) is 5.75 Å². The van der Waals surface area contributed by atoms with Crippen LogP contribution >= 0.6 is 11.9 Å². The highest BCUT2D eigenvalue weighted by atomic mass is 32.2. The van der Waals surface area contributed by atoms with Crippen LogP contribution in [-0.2, 0) is 21.3 Å². The van der Waals surface area contributed by atoms with Crippen LogP contribution < -0.4 is 14.8 Å². The Morgan fingerprint density at radius 2 is 1.95 bits per heavy atom. The van der Waals surface area contributed by atoms with Gasteiger partial charge in [-0.1, -0.05) is 0 Å². The van der Waals surface area contributed by atoms with Gasteiger partial charge in [0.2, 0.25) is 0 Å². The Hall–Kier alpha value is -2.94. The Labute approximate surface area is 219 Å². The molecule has 10 nitrogen and oxygen atoms in total. The van der Waals surface area contributed by atoms with E-state index in [-0.39, 0.29) is 48.3 Å². The Bertz CT molecular complexity index is 1260. The topological polar surface area (TPSA) is 103 Å². The van der Waals surface area contributed by atoms with Gasteiger partial charge in [0.05, 0.1) is 30.6 Å². The summed E-state index contributed by atoms with van der Waals surface area (Å²) in [5.74, 6) is -4.86. The van der Waals surface area contributed by atoms with Crippen molar-refractivity contribution in [3.63, 3.8) is 0 Å². The summed E-state index contributed by atoms with van der Waals surface area (Å²) in [6, 6.07) is 1.33. The van der Waals surface area contributed by atoms with E-state index in [9.17, 15) is 22.8 Å². The van der Waals surface area contributed by atoms with Crippen molar-refractivity contribution in [3.05, 3.63) is 41.5 Å². The van der Waals surface area contributed by atoms with Crippen molar-refractivity contribution in [2.75, 3.05) is 38.2 Å². The lowest BCUT2D eigenvalue weighted by atomic mass is 10.0. The fourth-order valence-corrected chi connectivity index (χ4v) is 6.28. The van der Waals surface area contributed by atoms with Crippen molar-refractivity contribution < 1.29 is 41.7 Å². The number of hydrogen-bond acceptors (Lipinski definition) is 8. The third kappa shape index (κ3) is 4.59. The third-order valence-electron chi connectivity index (χ3n) is 7.26. The number of carbonyl (C=O) groups excluding carboxylic acids is 2. The van der Waals surface area contributed by atoms with E-state index in [0.717, 1.165) is 6.42 Å². The van der Waals surface area contributed by atoms with Gasteiger partial charge < -0.3 is 33.7 Å². The number of ether oxygens (including phenoxy) is 4. The van der Waals surface area contributed by atoms with Crippen molar-refractivity contribution in [1.29, 1.82) is 0 Å². The van der Waals surface area contributed by atoms with Gasteiger partial charge in [-0.05, 0) is 18.4 Å². The van der Waals surface area contributed by atoms with Crippen molar-refractivity contribution >= 4 is 29.6 Å². The molecule has 4 aliphatic heterocycles. The summed E-state index contributed by atoms with van der Waals surface area (Å²) in [4.78, 5) is 28.2. The van der Waals surface area contributed by atoms with Gasteiger partial charge in [0.25, 0.3) is 5.91 Å². The van der Waals surface area contributed by atoms with Gasteiger partial charge in [-0.3, -0.25) is 9.52 Å². The number of halogens is 3. The van der Waals surface area contributed by atoms with E-state index >= 15 is 0 Å². The molecule has 2 unspecified atom stereocenters. The number of fused-ring (bicyclic) bond motifs is 3. The highest BCUT2D eigenvalue weighted by Gasteiger charge is 2.45. The van der Waals surface area contributed by atoms with Crippen LogP contribution in [0.5, 0.6) is 5.75 Å². The molecule has 2 N–H and O–H groups in total. The number of aryl methyl sites for hydroxylation is 1. The minimum atomic E-state index is -1.62. The highest BCUT2D eigenvalue weighted by molar-refractivity contribution is 7.97. The number of nitrogens with one attached hydrogen (secondary N) is 2. The normalized spacial score (nSPS) is 28.1. The number of amides is 2. The number of likely N-dealkylation sites (tertiary alicyclic amines) is 1. The molecule has 4 aliphatic rings. The van der Waals surface area contributed by atoms with Crippen LogP contribution in [-0.4, -0.2) is 72.8 Å². The van der Waals surface area contributed by atoms with Crippen molar-refractivity contribution in [2.45, 2.75) is 29.8 Å². The molecule has 1 aromatic heterocycles. The SMILES string of the molecule is Cn1cc2c(c1C(=O)Nc1cc(F)c(F)c(F)c1)OCC1CN(C(=O)O[C@H]3CO[C@H]4OCC[C@H]43)CC1NS2.